The van der Waals surface area contributed by atoms with Crippen LogP contribution < -0.4 is 10.6 Å². The number of carbonyl (C=O) groups excluding carboxylic acids is 3. The van der Waals surface area contributed by atoms with Gasteiger partial charge in [-0.15, -0.1) is 0 Å². The number of nitrogens with one attached hydrogen (secondary N) is 2. The normalized spacial score (nSPS) is 14.1. The summed E-state index contributed by atoms with van der Waals surface area (Å²) in [6.45, 7) is 4.52. The summed E-state index contributed by atoms with van der Waals surface area (Å²) in [5.41, 5.74) is 0. The first-order chi connectivity index (χ1) is 5.99. The van der Waals surface area contributed by atoms with E-state index in [1.54, 1.807) is 6.92 Å². The van der Waals surface area contributed by atoms with Crippen molar-refractivity contribution in [3.63, 3.8) is 0 Å². The Kier molecular flexibility index (Phi) is 4.72. The number of ketones is 1. The number of rotatable bonds is 5. The highest BCUT2D eigenvalue weighted by atomic mass is 16.2. The Bertz CT molecular complexity index is 215. The summed E-state index contributed by atoms with van der Waals surface area (Å²) in [5, 5.41) is 4.74. The van der Waals surface area contributed by atoms with Crippen LogP contribution in [0.3, 0.4) is 0 Å². The standard InChI is InChI=1S/C8H14N2O3/c1-5(7(3)12)10-8(13)6(2)9-4-11/h4-6H,1-3H3,(H,9,11)(H,10,13)/t5-,6+/m0/s1. The molecule has 0 saturated heterocycles. The molecule has 2 amide bonds. The van der Waals surface area contributed by atoms with Gasteiger partial charge >= 0.3 is 0 Å². The molecule has 0 aliphatic carbocycles. The quantitative estimate of drug-likeness (QED) is 0.553. The molecule has 2 atom stereocenters. The monoisotopic (exact) mass is 186 g/mol. The highest BCUT2D eigenvalue weighted by Gasteiger charge is 2.15. The zero-order valence-corrected chi connectivity index (χ0v) is 7.96. The van der Waals surface area contributed by atoms with Crippen molar-refractivity contribution >= 4 is 18.1 Å². The van der Waals surface area contributed by atoms with Crippen LogP contribution in [0.4, 0.5) is 0 Å². The van der Waals surface area contributed by atoms with E-state index in [1.807, 2.05) is 0 Å². The van der Waals surface area contributed by atoms with Gasteiger partial charge in [0.2, 0.25) is 12.3 Å². The van der Waals surface area contributed by atoms with E-state index in [-0.39, 0.29) is 11.7 Å². The molecule has 0 aromatic rings. The minimum absolute atomic E-state index is 0.119. The molecular formula is C8H14N2O3. The van der Waals surface area contributed by atoms with E-state index in [4.69, 9.17) is 0 Å². The van der Waals surface area contributed by atoms with Gasteiger partial charge in [0.05, 0.1) is 6.04 Å². The van der Waals surface area contributed by atoms with Gasteiger partial charge in [-0.25, -0.2) is 0 Å². The molecule has 0 rings (SSSR count). The Morgan fingerprint density at radius 3 is 2.15 bits per heavy atom. The molecule has 0 bridgehead atoms. The minimum atomic E-state index is -0.612. The maximum absolute atomic E-state index is 11.2. The van der Waals surface area contributed by atoms with Gasteiger partial charge in [-0.3, -0.25) is 14.4 Å². The van der Waals surface area contributed by atoms with E-state index in [0.29, 0.717) is 6.41 Å². The number of hydrogen-bond acceptors (Lipinski definition) is 3. The summed E-state index contributed by atoms with van der Waals surface area (Å²) in [5.74, 6) is -0.485. The van der Waals surface area contributed by atoms with Crippen LogP contribution in [0.15, 0.2) is 0 Å². The van der Waals surface area contributed by atoms with Crippen LogP contribution in [0.5, 0.6) is 0 Å². The summed E-state index contributed by atoms with van der Waals surface area (Å²) in [7, 11) is 0. The predicted octanol–water partition coefficient (Wildman–Crippen LogP) is -0.785. The molecule has 2 N–H and O–H groups in total. The van der Waals surface area contributed by atoms with E-state index < -0.39 is 12.1 Å². The highest BCUT2D eigenvalue weighted by molar-refractivity contribution is 5.89. The fourth-order valence-electron chi connectivity index (χ4n) is 0.618. The number of amides is 2. The van der Waals surface area contributed by atoms with Gasteiger partial charge in [-0.05, 0) is 20.8 Å². The van der Waals surface area contributed by atoms with Crippen molar-refractivity contribution in [2.45, 2.75) is 32.9 Å². The molecule has 5 nitrogen and oxygen atoms in total. The SMILES string of the molecule is CC(=O)[C@H](C)NC(=O)[C@@H](C)NC=O. The lowest BCUT2D eigenvalue weighted by molar-refractivity contribution is -0.128. The summed E-state index contributed by atoms with van der Waals surface area (Å²) in [6, 6.07) is -1.12. The second-order valence-corrected chi connectivity index (χ2v) is 2.85. The Balaban J connectivity index is 3.99. The molecule has 74 valence electrons. The molecule has 0 heterocycles. The number of Topliss-reactive ketones (excluding diaryl/α,β-unsaturated/α-hetero) is 1. The Morgan fingerprint density at radius 2 is 1.77 bits per heavy atom. The molecule has 0 fully saturated rings. The first kappa shape index (κ1) is 11.6. The minimum Gasteiger partial charge on any atom is -0.347 e. The maximum atomic E-state index is 11.2. The molecule has 0 saturated carbocycles. The third kappa shape index (κ3) is 4.25. The van der Waals surface area contributed by atoms with Crippen LogP contribution in [0.1, 0.15) is 20.8 Å². The zero-order chi connectivity index (χ0) is 10.4. The third-order valence-electron chi connectivity index (χ3n) is 1.68. The van der Waals surface area contributed by atoms with E-state index >= 15 is 0 Å². The zero-order valence-electron chi connectivity index (χ0n) is 7.96. The number of carbonyl (C=O) groups is 3. The van der Waals surface area contributed by atoms with Crippen molar-refractivity contribution < 1.29 is 14.4 Å². The second kappa shape index (κ2) is 5.29. The Hall–Kier alpha value is -1.39. The van der Waals surface area contributed by atoms with Crippen LogP contribution in [0.25, 0.3) is 0 Å². The first-order valence-electron chi connectivity index (χ1n) is 3.99. The van der Waals surface area contributed by atoms with Crippen molar-refractivity contribution in [2.75, 3.05) is 0 Å². The van der Waals surface area contributed by atoms with Gasteiger partial charge in [-0.2, -0.15) is 0 Å². The summed E-state index contributed by atoms with van der Waals surface area (Å²) < 4.78 is 0. The third-order valence-corrected chi connectivity index (χ3v) is 1.68. The van der Waals surface area contributed by atoms with Crippen molar-refractivity contribution in [3.8, 4) is 0 Å². The summed E-state index contributed by atoms with van der Waals surface area (Å²) in [6.07, 6.45) is 0.447. The number of hydrogen-bond donors (Lipinski definition) is 2. The molecule has 0 aromatic heterocycles. The molecular weight excluding hydrogens is 172 g/mol. The van der Waals surface area contributed by atoms with Crippen molar-refractivity contribution in [1.29, 1.82) is 0 Å². The van der Waals surface area contributed by atoms with Crippen LogP contribution in [-0.4, -0.2) is 30.2 Å². The molecule has 13 heavy (non-hydrogen) atoms. The lowest BCUT2D eigenvalue weighted by Crippen LogP contribution is -2.47. The van der Waals surface area contributed by atoms with E-state index in [0.717, 1.165) is 0 Å². The average molecular weight is 186 g/mol. The highest BCUT2D eigenvalue weighted by Crippen LogP contribution is 1.86. The predicted molar refractivity (Wildman–Crippen MR) is 46.9 cm³/mol. The van der Waals surface area contributed by atoms with E-state index in [2.05, 4.69) is 10.6 Å². The van der Waals surface area contributed by atoms with Crippen LogP contribution in [0.2, 0.25) is 0 Å². The molecule has 0 radical (unpaired) electrons. The Labute approximate surface area is 76.9 Å². The van der Waals surface area contributed by atoms with Gasteiger partial charge in [0.15, 0.2) is 5.78 Å². The van der Waals surface area contributed by atoms with Gasteiger partial charge in [0.1, 0.15) is 6.04 Å². The van der Waals surface area contributed by atoms with Crippen molar-refractivity contribution in [2.24, 2.45) is 0 Å². The van der Waals surface area contributed by atoms with Gasteiger partial charge in [0, 0.05) is 0 Å². The van der Waals surface area contributed by atoms with Crippen molar-refractivity contribution in [3.05, 3.63) is 0 Å². The van der Waals surface area contributed by atoms with Gasteiger partial charge in [-0.1, -0.05) is 0 Å². The average Bonchev–Trinajstić information content (AvgIpc) is 2.04. The van der Waals surface area contributed by atoms with E-state index in [1.165, 1.54) is 13.8 Å². The first-order valence-corrected chi connectivity index (χ1v) is 3.99. The fraction of sp³-hybridized carbons (Fsp3) is 0.625. The second-order valence-electron chi connectivity index (χ2n) is 2.85. The lowest BCUT2D eigenvalue weighted by Gasteiger charge is -2.14. The summed E-state index contributed by atoms with van der Waals surface area (Å²) >= 11 is 0. The molecule has 0 unspecified atom stereocenters. The van der Waals surface area contributed by atoms with Gasteiger partial charge < -0.3 is 10.6 Å². The molecule has 0 aromatic carbocycles. The topological polar surface area (TPSA) is 75.3 Å². The van der Waals surface area contributed by atoms with Gasteiger partial charge in [0.25, 0.3) is 0 Å². The largest absolute Gasteiger partial charge is 0.347 e. The summed E-state index contributed by atoms with van der Waals surface area (Å²) in [4.78, 5) is 31.9. The molecule has 0 aliphatic rings. The lowest BCUT2D eigenvalue weighted by atomic mass is 10.2. The molecule has 0 aliphatic heterocycles. The molecule has 5 heteroatoms. The molecule has 0 spiro atoms. The van der Waals surface area contributed by atoms with Crippen LogP contribution in [-0.2, 0) is 14.4 Å². The maximum Gasteiger partial charge on any atom is 0.242 e. The van der Waals surface area contributed by atoms with Crippen molar-refractivity contribution in [1.82, 2.24) is 10.6 Å². The van der Waals surface area contributed by atoms with E-state index in [9.17, 15) is 14.4 Å². The Morgan fingerprint density at radius 1 is 1.23 bits per heavy atom. The van der Waals surface area contributed by atoms with Crippen LogP contribution >= 0.6 is 0 Å². The smallest absolute Gasteiger partial charge is 0.242 e. The fourth-order valence-corrected chi connectivity index (χ4v) is 0.618. The van der Waals surface area contributed by atoms with Crippen LogP contribution in [0, 0.1) is 0 Å².